The molecule has 1 aliphatic heterocycles. The normalized spacial score (nSPS) is 22.0. The third kappa shape index (κ3) is 4.02. The number of rotatable bonds is 6. The second-order valence-electron chi connectivity index (χ2n) is 6.24. The molecule has 0 bridgehead atoms. The monoisotopic (exact) mass is 375 g/mol. The maximum absolute atomic E-state index is 12.9. The fourth-order valence-corrected chi connectivity index (χ4v) is 4.84. The van der Waals surface area contributed by atoms with Gasteiger partial charge in [-0.3, -0.25) is 4.79 Å². The van der Waals surface area contributed by atoms with E-state index in [0.29, 0.717) is 6.42 Å². The number of carbonyl (C=O) groups excluding carboxylic acids is 1. The Morgan fingerprint density at radius 3 is 2.44 bits per heavy atom. The highest BCUT2D eigenvalue weighted by atomic mass is 32.2. The lowest BCUT2D eigenvalue weighted by Gasteiger charge is -2.28. The number of benzene rings is 1. The molecule has 1 aromatic carbocycles. The Bertz CT molecular complexity index is 764. The van der Waals surface area contributed by atoms with E-state index in [0.717, 1.165) is 12.8 Å². The SMILES string of the molecule is COc1ccc(C(=O)N(C2CC2)C2CCS(=O)(=O)C2)cc1OC(F)F. The van der Waals surface area contributed by atoms with Gasteiger partial charge in [-0.2, -0.15) is 8.78 Å². The lowest BCUT2D eigenvalue weighted by molar-refractivity contribution is -0.0512. The first-order valence-corrected chi connectivity index (χ1v) is 9.79. The van der Waals surface area contributed by atoms with Crippen molar-refractivity contribution < 1.29 is 31.5 Å². The molecule has 1 saturated heterocycles. The van der Waals surface area contributed by atoms with Gasteiger partial charge in [0.1, 0.15) is 0 Å². The molecule has 0 spiro atoms. The van der Waals surface area contributed by atoms with Gasteiger partial charge in [0.15, 0.2) is 21.3 Å². The smallest absolute Gasteiger partial charge is 0.387 e. The van der Waals surface area contributed by atoms with Gasteiger partial charge in [-0.15, -0.1) is 0 Å². The Morgan fingerprint density at radius 2 is 1.92 bits per heavy atom. The molecule has 0 N–H and O–H groups in total. The number of alkyl halides is 2. The van der Waals surface area contributed by atoms with Crippen LogP contribution in [0.1, 0.15) is 29.6 Å². The number of halogens is 2. The number of carbonyl (C=O) groups is 1. The van der Waals surface area contributed by atoms with E-state index in [1.54, 1.807) is 4.90 Å². The van der Waals surface area contributed by atoms with E-state index in [2.05, 4.69) is 4.74 Å². The Kier molecular flexibility index (Phi) is 4.86. The molecule has 1 unspecified atom stereocenters. The minimum atomic E-state index is -3.13. The predicted molar refractivity (Wildman–Crippen MR) is 85.9 cm³/mol. The molecule has 1 aliphatic carbocycles. The van der Waals surface area contributed by atoms with Crippen LogP contribution in [0.3, 0.4) is 0 Å². The highest BCUT2D eigenvalue weighted by Gasteiger charge is 2.42. The predicted octanol–water partition coefficient (Wildman–Crippen LogP) is 2.09. The topological polar surface area (TPSA) is 72.9 Å². The fourth-order valence-electron chi connectivity index (χ4n) is 3.12. The first-order chi connectivity index (χ1) is 11.8. The summed E-state index contributed by atoms with van der Waals surface area (Å²) in [6.45, 7) is -3.04. The molecule has 1 heterocycles. The summed E-state index contributed by atoms with van der Waals surface area (Å²) in [6, 6.07) is 3.71. The van der Waals surface area contributed by atoms with Gasteiger partial charge >= 0.3 is 6.61 Å². The van der Waals surface area contributed by atoms with Crippen molar-refractivity contribution >= 4 is 15.7 Å². The number of methoxy groups -OCH3 is 1. The summed E-state index contributed by atoms with van der Waals surface area (Å²) in [5.41, 5.74) is 0.174. The van der Waals surface area contributed by atoms with Crippen molar-refractivity contribution in [2.45, 2.75) is 38.0 Å². The average Bonchev–Trinajstić information content (AvgIpc) is 3.30. The molecule has 9 heteroatoms. The van der Waals surface area contributed by atoms with E-state index >= 15 is 0 Å². The molecule has 2 fully saturated rings. The summed E-state index contributed by atoms with van der Waals surface area (Å²) in [5, 5.41) is 0. The second kappa shape index (κ2) is 6.78. The highest BCUT2D eigenvalue weighted by Crippen LogP contribution is 2.35. The molecule has 25 heavy (non-hydrogen) atoms. The molecule has 1 amide bonds. The van der Waals surface area contributed by atoms with Gasteiger partial charge in [-0.05, 0) is 37.5 Å². The van der Waals surface area contributed by atoms with Gasteiger partial charge in [0.2, 0.25) is 0 Å². The lowest BCUT2D eigenvalue weighted by atomic mass is 10.1. The van der Waals surface area contributed by atoms with Crippen LogP contribution in [0.2, 0.25) is 0 Å². The molecular formula is C16H19F2NO5S. The Balaban J connectivity index is 1.87. The van der Waals surface area contributed by atoms with Gasteiger partial charge in [0.25, 0.3) is 5.91 Å². The zero-order valence-electron chi connectivity index (χ0n) is 13.7. The van der Waals surface area contributed by atoms with Crippen molar-refractivity contribution in [3.63, 3.8) is 0 Å². The Morgan fingerprint density at radius 1 is 1.20 bits per heavy atom. The highest BCUT2D eigenvalue weighted by molar-refractivity contribution is 7.91. The van der Waals surface area contributed by atoms with Gasteiger partial charge in [0.05, 0.1) is 18.6 Å². The second-order valence-corrected chi connectivity index (χ2v) is 8.47. The van der Waals surface area contributed by atoms with E-state index in [-0.39, 0.29) is 46.6 Å². The van der Waals surface area contributed by atoms with Gasteiger partial charge in [-0.1, -0.05) is 0 Å². The summed E-state index contributed by atoms with van der Waals surface area (Å²) in [7, 11) is -1.82. The van der Waals surface area contributed by atoms with Crippen molar-refractivity contribution in [1.82, 2.24) is 4.90 Å². The van der Waals surface area contributed by atoms with Crippen LogP contribution in [0.4, 0.5) is 8.78 Å². The third-order valence-corrected chi connectivity index (χ3v) is 6.15. The van der Waals surface area contributed by atoms with Gasteiger partial charge < -0.3 is 14.4 Å². The average molecular weight is 375 g/mol. The van der Waals surface area contributed by atoms with Crippen LogP contribution in [0.5, 0.6) is 11.5 Å². The summed E-state index contributed by atoms with van der Waals surface area (Å²) in [6.07, 6.45) is 2.04. The fraction of sp³-hybridized carbons (Fsp3) is 0.562. The standard InChI is InChI=1S/C16H19F2NO5S/c1-23-13-5-2-10(8-14(13)24-16(17)18)15(20)19(11-3-4-11)12-6-7-25(21,22)9-12/h2,5,8,11-12,16H,3-4,6-7,9H2,1H3. The maximum Gasteiger partial charge on any atom is 0.387 e. The zero-order valence-corrected chi connectivity index (χ0v) is 14.5. The molecule has 0 aromatic heterocycles. The van der Waals surface area contributed by atoms with Crippen LogP contribution >= 0.6 is 0 Å². The molecule has 1 saturated carbocycles. The van der Waals surface area contributed by atoms with E-state index in [1.807, 2.05) is 0 Å². The summed E-state index contributed by atoms with van der Waals surface area (Å²) < 4.78 is 58.0. The first kappa shape index (κ1) is 17.9. The molecule has 6 nitrogen and oxygen atoms in total. The minimum Gasteiger partial charge on any atom is -0.493 e. The largest absolute Gasteiger partial charge is 0.493 e. The molecule has 3 rings (SSSR count). The number of nitrogens with zero attached hydrogens (tertiary/aromatic N) is 1. The molecule has 138 valence electrons. The van der Waals surface area contributed by atoms with Crippen molar-refractivity contribution in [3.8, 4) is 11.5 Å². The summed E-state index contributed by atoms with van der Waals surface area (Å²) in [4.78, 5) is 14.5. The molecule has 2 aliphatic rings. The van der Waals surface area contributed by atoms with Crippen molar-refractivity contribution in [1.29, 1.82) is 0 Å². The molecular weight excluding hydrogens is 356 g/mol. The summed E-state index contributed by atoms with van der Waals surface area (Å²) >= 11 is 0. The lowest BCUT2D eigenvalue weighted by Crippen LogP contribution is -2.42. The van der Waals surface area contributed by atoms with Crippen LogP contribution in [0, 0.1) is 0 Å². The number of amides is 1. The number of ether oxygens (including phenoxy) is 2. The van der Waals surface area contributed by atoms with Gasteiger partial charge in [-0.25, -0.2) is 8.42 Å². The number of hydrogen-bond donors (Lipinski definition) is 0. The number of sulfone groups is 1. The van der Waals surface area contributed by atoms with Crippen molar-refractivity contribution in [2.75, 3.05) is 18.6 Å². The van der Waals surface area contributed by atoms with Crippen LogP contribution in [-0.2, 0) is 9.84 Å². The molecule has 1 aromatic rings. The first-order valence-electron chi connectivity index (χ1n) is 7.96. The summed E-state index contributed by atoms with van der Waals surface area (Å²) in [5.74, 6) is -0.481. The van der Waals surface area contributed by atoms with Crippen LogP contribution in [0.15, 0.2) is 18.2 Å². The minimum absolute atomic E-state index is 0.00682. The van der Waals surface area contributed by atoms with E-state index in [4.69, 9.17) is 4.74 Å². The van der Waals surface area contributed by atoms with Gasteiger partial charge in [0, 0.05) is 17.6 Å². The van der Waals surface area contributed by atoms with E-state index < -0.39 is 16.4 Å². The van der Waals surface area contributed by atoms with E-state index in [1.165, 1.54) is 25.3 Å². The molecule has 1 atom stereocenters. The Hall–Kier alpha value is -1.90. The van der Waals surface area contributed by atoms with Crippen LogP contribution in [-0.4, -0.2) is 56.5 Å². The zero-order chi connectivity index (χ0) is 18.2. The van der Waals surface area contributed by atoms with Crippen LogP contribution in [0.25, 0.3) is 0 Å². The van der Waals surface area contributed by atoms with Crippen LogP contribution < -0.4 is 9.47 Å². The van der Waals surface area contributed by atoms with Crippen molar-refractivity contribution in [3.05, 3.63) is 23.8 Å². The Labute approximate surface area is 144 Å². The maximum atomic E-state index is 12.9. The molecule has 0 radical (unpaired) electrons. The van der Waals surface area contributed by atoms with E-state index in [9.17, 15) is 22.0 Å². The number of hydrogen-bond acceptors (Lipinski definition) is 5. The quantitative estimate of drug-likeness (QED) is 0.761. The third-order valence-electron chi connectivity index (χ3n) is 4.40. The van der Waals surface area contributed by atoms with Crippen molar-refractivity contribution in [2.24, 2.45) is 0 Å².